The van der Waals surface area contributed by atoms with Crippen molar-refractivity contribution in [3.63, 3.8) is 0 Å². The van der Waals surface area contributed by atoms with E-state index in [1.165, 1.54) is 0 Å². The third-order valence-corrected chi connectivity index (χ3v) is 6.63. The van der Waals surface area contributed by atoms with Crippen LogP contribution in [0.1, 0.15) is 35.2 Å². The molecule has 2 N–H and O–H groups in total. The largest absolute Gasteiger partial charge is 0.492 e. The van der Waals surface area contributed by atoms with Gasteiger partial charge in [0.2, 0.25) is 0 Å². The molecule has 1 amide bonds. The van der Waals surface area contributed by atoms with Crippen LogP contribution in [0.25, 0.3) is 0 Å². The Bertz CT molecular complexity index is 666. The molecule has 0 radical (unpaired) electrons. The van der Waals surface area contributed by atoms with Crippen molar-refractivity contribution in [2.75, 3.05) is 45.7 Å². The van der Waals surface area contributed by atoms with Crippen LogP contribution in [0.15, 0.2) is 6.07 Å². The average Bonchev–Trinajstić information content (AvgIpc) is 3.14. The fourth-order valence-corrected chi connectivity index (χ4v) is 4.65. The number of fused-ring (bicyclic) bond motifs is 1. The number of carbonyl (C=O) groups excluding carboxylic acids is 1. The van der Waals surface area contributed by atoms with Crippen LogP contribution in [0.5, 0.6) is 5.75 Å². The molecule has 0 aliphatic carbocycles. The SMILES string of the molecule is COCCCN1CCC(N(I)C(=O)c2cc(Cl)c(N)c3c2OCC3)CC1. The number of carbonyl (C=O) groups is 1. The van der Waals surface area contributed by atoms with Crippen LogP contribution in [0.2, 0.25) is 5.02 Å². The summed E-state index contributed by atoms with van der Waals surface area (Å²) >= 11 is 8.37. The van der Waals surface area contributed by atoms with Crippen molar-refractivity contribution in [1.29, 1.82) is 0 Å². The number of piperidine rings is 1. The van der Waals surface area contributed by atoms with Gasteiger partial charge in [-0.05, 0) is 25.3 Å². The molecule has 0 spiro atoms. The summed E-state index contributed by atoms with van der Waals surface area (Å²) in [7, 11) is 1.73. The number of anilines is 1. The van der Waals surface area contributed by atoms with Crippen LogP contribution >= 0.6 is 34.5 Å². The number of methoxy groups -OCH3 is 1. The van der Waals surface area contributed by atoms with Gasteiger partial charge in [0.05, 0.1) is 45.7 Å². The molecular formula is C18H25ClIN3O3. The summed E-state index contributed by atoms with van der Waals surface area (Å²) in [5, 5.41) is 0.426. The first kappa shape index (κ1) is 20.0. The second-order valence-electron chi connectivity index (χ2n) is 6.76. The highest BCUT2D eigenvalue weighted by Crippen LogP contribution is 2.40. The predicted octanol–water partition coefficient (Wildman–Crippen LogP) is 3.15. The van der Waals surface area contributed by atoms with Crippen molar-refractivity contribution in [1.82, 2.24) is 8.01 Å². The van der Waals surface area contributed by atoms with Gasteiger partial charge >= 0.3 is 0 Å². The Morgan fingerprint density at radius 1 is 1.50 bits per heavy atom. The molecular weight excluding hydrogens is 469 g/mol. The first-order valence-electron chi connectivity index (χ1n) is 8.97. The zero-order valence-corrected chi connectivity index (χ0v) is 17.9. The normalized spacial score (nSPS) is 17.8. The molecule has 0 saturated carbocycles. The van der Waals surface area contributed by atoms with E-state index >= 15 is 0 Å². The van der Waals surface area contributed by atoms with E-state index in [-0.39, 0.29) is 11.9 Å². The fraction of sp³-hybridized carbons (Fsp3) is 0.611. The number of nitrogens with two attached hydrogens (primary N) is 1. The van der Waals surface area contributed by atoms with Crippen molar-refractivity contribution in [2.24, 2.45) is 0 Å². The van der Waals surface area contributed by atoms with E-state index in [0.29, 0.717) is 35.1 Å². The number of halogens is 2. The highest BCUT2D eigenvalue weighted by atomic mass is 127. The third kappa shape index (κ3) is 4.21. The van der Waals surface area contributed by atoms with E-state index in [4.69, 9.17) is 26.8 Å². The van der Waals surface area contributed by atoms with E-state index in [0.717, 1.165) is 51.1 Å². The maximum Gasteiger partial charge on any atom is 0.266 e. The number of amides is 1. The number of likely N-dealkylation sites (tertiary alicyclic amines) is 1. The molecule has 2 aliphatic heterocycles. The lowest BCUT2D eigenvalue weighted by molar-refractivity contribution is 0.0797. The maximum atomic E-state index is 13.1. The molecule has 144 valence electrons. The molecule has 3 rings (SSSR count). The number of benzene rings is 1. The Morgan fingerprint density at radius 2 is 2.23 bits per heavy atom. The second-order valence-corrected chi connectivity index (χ2v) is 8.21. The third-order valence-electron chi connectivity index (χ3n) is 5.10. The fourth-order valence-electron chi connectivity index (χ4n) is 3.61. The van der Waals surface area contributed by atoms with Gasteiger partial charge in [-0.15, -0.1) is 0 Å². The maximum absolute atomic E-state index is 13.1. The summed E-state index contributed by atoms with van der Waals surface area (Å²) in [6, 6.07) is 1.87. The summed E-state index contributed by atoms with van der Waals surface area (Å²) in [5.74, 6) is 0.555. The lowest BCUT2D eigenvalue weighted by atomic mass is 10.0. The van der Waals surface area contributed by atoms with Crippen molar-refractivity contribution in [3.8, 4) is 5.75 Å². The first-order valence-corrected chi connectivity index (χ1v) is 10.3. The molecule has 0 bridgehead atoms. The molecule has 8 heteroatoms. The van der Waals surface area contributed by atoms with Gasteiger partial charge in [0, 0.05) is 51.4 Å². The summed E-state index contributed by atoms with van der Waals surface area (Å²) in [5.41, 5.74) is 7.94. The number of nitrogen functional groups attached to an aromatic ring is 1. The smallest absolute Gasteiger partial charge is 0.266 e. The quantitative estimate of drug-likeness (QED) is 0.285. The van der Waals surface area contributed by atoms with Gasteiger partial charge in [0.15, 0.2) is 0 Å². The minimum Gasteiger partial charge on any atom is -0.492 e. The van der Waals surface area contributed by atoms with E-state index < -0.39 is 0 Å². The number of ether oxygens (including phenoxy) is 2. The summed E-state index contributed by atoms with van der Waals surface area (Å²) in [4.78, 5) is 15.5. The highest BCUT2D eigenvalue weighted by Gasteiger charge is 2.31. The Kier molecular flexibility index (Phi) is 6.87. The minimum absolute atomic E-state index is 0.0523. The van der Waals surface area contributed by atoms with Crippen LogP contribution in [-0.4, -0.2) is 59.9 Å². The van der Waals surface area contributed by atoms with Crippen molar-refractivity contribution < 1.29 is 14.3 Å². The van der Waals surface area contributed by atoms with Crippen LogP contribution in [0.4, 0.5) is 5.69 Å². The molecule has 2 aliphatic rings. The average molecular weight is 494 g/mol. The van der Waals surface area contributed by atoms with Gasteiger partial charge in [-0.2, -0.15) is 0 Å². The van der Waals surface area contributed by atoms with Gasteiger partial charge in [-0.3, -0.25) is 7.91 Å². The molecule has 26 heavy (non-hydrogen) atoms. The van der Waals surface area contributed by atoms with E-state index in [9.17, 15) is 4.79 Å². The van der Waals surface area contributed by atoms with Crippen LogP contribution < -0.4 is 10.5 Å². The van der Waals surface area contributed by atoms with Crippen LogP contribution in [-0.2, 0) is 11.2 Å². The molecule has 1 fully saturated rings. The van der Waals surface area contributed by atoms with Crippen LogP contribution in [0.3, 0.4) is 0 Å². The summed E-state index contributed by atoms with van der Waals surface area (Å²) < 4.78 is 12.6. The molecule has 6 nitrogen and oxygen atoms in total. The zero-order chi connectivity index (χ0) is 18.7. The van der Waals surface area contributed by atoms with Crippen molar-refractivity contribution >= 4 is 46.1 Å². The lowest BCUT2D eigenvalue weighted by Gasteiger charge is -2.35. The Hall–Kier alpha value is -0.770. The standard InChI is InChI=1S/C18H25ClIN3O3/c1-25-9-2-6-22-7-3-12(4-8-22)23(20)18(24)14-11-15(19)16(21)13-5-10-26-17(13)14/h11-12H,2-10,21H2,1H3. The molecule has 1 aromatic rings. The van der Waals surface area contributed by atoms with Gasteiger partial charge in [0.25, 0.3) is 5.91 Å². The van der Waals surface area contributed by atoms with E-state index in [1.807, 2.05) is 3.11 Å². The molecule has 1 saturated heterocycles. The zero-order valence-electron chi connectivity index (χ0n) is 15.0. The second kappa shape index (κ2) is 8.95. The highest BCUT2D eigenvalue weighted by molar-refractivity contribution is 14.1. The number of hydrogen-bond donors (Lipinski definition) is 1. The lowest BCUT2D eigenvalue weighted by Crippen LogP contribution is -2.43. The first-order chi connectivity index (χ1) is 12.5. The topological polar surface area (TPSA) is 68.0 Å². The number of nitrogens with zero attached hydrogens (tertiary/aromatic N) is 2. The van der Waals surface area contributed by atoms with Gasteiger partial charge in [-0.1, -0.05) is 11.6 Å². The monoisotopic (exact) mass is 493 g/mol. The minimum atomic E-state index is -0.0523. The van der Waals surface area contributed by atoms with E-state index in [2.05, 4.69) is 27.8 Å². The molecule has 2 heterocycles. The molecule has 0 unspecified atom stereocenters. The molecule has 0 aromatic heterocycles. The summed E-state index contributed by atoms with van der Waals surface area (Å²) in [6.07, 6.45) is 3.67. The Balaban J connectivity index is 1.65. The molecule has 0 atom stereocenters. The Morgan fingerprint density at radius 3 is 2.92 bits per heavy atom. The van der Waals surface area contributed by atoms with E-state index in [1.54, 1.807) is 13.2 Å². The predicted molar refractivity (Wildman–Crippen MR) is 111 cm³/mol. The van der Waals surface area contributed by atoms with Crippen molar-refractivity contribution in [3.05, 3.63) is 22.2 Å². The van der Waals surface area contributed by atoms with Crippen molar-refractivity contribution in [2.45, 2.75) is 31.7 Å². The summed E-state index contributed by atoms with van der Waals surface area (Å²) in [6.45, 7) is 4.38. The number of rotatable bonds is 6. The molecule has 1 aromatic carbocycles. The Labute approximate surface area is 173 Å². The van der Waals surface area contributed by atoms with Gasteiger partial charge < -0.3 is 20.1 Å². The van der Waals surface area contributed by atoms with Crippen LogP contribution in [0, 0.1) is 0 Å². The number of hydrogen-bond acceptors (Lipinski definition) is 5. The van der Waals surface area contributed by atoms with Gasteiger partial charge in [-0.25, -0.2) is 0 Å². The van der Waals surface area contributed by atoms with Gasteiger partial charge in [0.1, 0.15) is 5.75 Å².